The van der Waals surface area contributed by atoms with Crippen LogP contribution in [0.3, 0.4) is 0 Å². The van der Waals surface area contributed by atoms with Crippen LogP contribution < -0.4 is 0 Å². The van der Waals surface area contributed by atoms with E-state index in [1.165, 1.54) is 32.1 Å². The predicted molar refractivity (Wildman–Crippen MR) is 48.1 cm³/mol. The standard InChI is InChI=1S/C9H16ClN/c1-11-8-3-2-4-9(11)6-7(10)5-8/h7-9H,2-6H2,1H3/t7-,8+,9-. The number of nitrogens with zero attached hydrogens (tertiary/aromatic N) is 1. The minimum Gasteiger partial charge on any atom is -0.300 e. The zero-order valence-electron chi connectivity index (χ0n) is 7.09. The van der Waals surface area contributed by atoms with Crippen molar-refractivity contribution in [1.82, 2.24) is 4.90 Å². The van der Waals surface area contributed by atoms with Crippen LogP contribution in [-0.4, -0.2) is 29.4 Å². The van der Waals surface area contributed by atoms with Gasteiger partial charge in [-0.2, -0.15) is 0 Å². The lowest BCUT2D eigenvalue weighted by atomic mass is 9.85. The second-order valence-electron chi connectivity index (χ2n) is 3.97. The molecule has 2 rings (SSSR count). The highest BCUT2D eigenvalue weighted by Crippen LogP contribution is 2.34. The van der Waals surface area contributed by atoms with E-state index in [9.17, 15) is 0 Å². The van der Waals surface area contributed by atoms with Gasteiger partial charge in [-0.15, -0.1) is 11.6 Å². The number of hydrogen-bond donors (Lipinski definition) is 0. The molecule has 0 aromatic rings. The van der Waals surface area contributed by atoms with Crippen molar-refractivity contribution in [3.63, 3.8) is 0 Å². The first kappa shape index (κ1) is 7.88. The predicted octanol–water partition coefficient (Wildman–Crippen LogP) is 2.24. The highest BCUT2D eigenvalue weighted by atomic mass is 35.5. The molecule has 0 amide bonds. The molecule has 0 aliphatic carbocycles. The summed E-state index contributed by atoms with van der Waals surface area (Å²) < 4.78 is 0. The maximum atomic E-state index is 6.16. The van der Waals surface area contributed by atoms with Gasteiger partial charge in [0.05, 0.1) is 0 Å². The molecule has 0 spiro atoms. The van der Waals surface area contributed by atoms with Crippen LogP contribution in [0.1, 0.15) is 32.1 Å². The van der Waals surface area contributed by atoms with Crippen LogP contribution in [0.5, 0.6) is 0 Å². The smallest absolute Gasteiger partial charge is 0.0365 e. The average molecular weight is 174 g/mol. The van der Waals surface area contributed by atoms with E-state index >= 15 is 0 Å². The molecule has 0 aromatic carbocycles. The van der Waals surface area contributed by atoms with Crippen LogP contribution in [0.2, 0.25) is 0 Å². The van der Waals surface area contributed by atoms with Crippen LogP contribution >= 0.6 is 11.6 Å². The van der Waals surface area contributed by atoms with Gasteiger partial charge in [0.1, 0.15) is 0 Å². The number of alkyl halides is 1. The summed E-state index contributed by atoms with van der Waals surface area (Å²) in [5.41, 5.74) is 0. The molecule has 11 heavy (non-hydrogen) atoms. The summed E-state index contributed by atoms with van der Waals surface area (Å²) in [6.07, 6.45) is 6.60. The third kappa shape index (κ3) is 1.41. The normalized spacial score (nSPS) is 45.8. The van der Waals surface area contributed by atoms with E-state index in [1.807, 2.05) is 0 Å². The Hall–Kier alpha value is 0.250. The fourth-order valence-corrected chi connectivity index (χ4v) is 2.96. The lowest BCUT2D eigenvalue weighted by Crippen LogP contribution is -2.50. The third-order valence-electron chi connectivity index (χ3n) is 3.28. The summed E-state index contributed by atoms with van der Waals surface area (Å²) in [7, 11) is 2.26. The summed E-state index contributed by atoms with van der Waals surface area (Å²) >= 11 is 6.16. The van der Waals surface area contributed by atoms with Gasteiger partial charge < -0.3 is 4.90 Å². The summed E-state index contributed by atoms with van der Waals surface area (Å²) in [6.45, 7) is 0. The number of hydrogen-bond acceptors (Lipinski definition) is 1. The van der Waals surface area contributed by atoms with Crippen molar-refractivity contribution in [1.29, 1.82) is 0 Å². The lowest BCUT2D eigenvalue weighted by Gasteiger charge is -2.45. The van der Waals surface area contributed by atoms with Crippen molar-refractivity contribution in [2.45, 2.75) is 49.6 Å². The maximum Gasteiger partial charge on any atom is 0.0365 e. The Labute approximate surface area is 73.7 Å². The molecule has 0 unspecified atom stereocenters. The Morgan fingerprint density at radius 3 is 2.27 bits per heavy atom. The van der Waals surface area contributed by atoms with E-state index < -0.39 is 0 Å². The molecule has 0 radical (unpaired) electrons. The highest BCUT2D eigenvalue weighted by Gasteiger charge is 2.34. The minimum atomic E-state index is 0.460. The molecule has 0 N–H and O–H groups in total. The van der Waals surface area contributed by atoms with Gasteiger partial charge in [0.25, 0.3) is 0 Å². The molecule has 64 valence electrons. The minimum absolute atomic E-state index is 0.460. The molecule has 1 nitrogen and oxygen atoms in total. The SMILES string of the molecule is CN1[C@@H]2CCC[C@H]1C[C@@H](Cl)C2. The topological polar surface area (TPSA) is 3.24 Å². The van der Waals surface area contributed by atoms with Gasteiger partial charge in [-0.25, -0.2) is 0 Å². The Morgan fingerprint density at radius 2 is 1.73 bits per heavy atom. The first-order valence-electron chi connectivity index (χ1n) is 4.63. The summed E-state index contributed by atoms with van der Waals surface area (Å²) in [4.78, 5) is 2.54. The highest BCUT2D eigenvalue weighted by molar-refractivity contribution is 6.20. The molecule has 2 saturated heterocycles. The molecular formula is C9H16ClN. The molecule has 0 saturated carbocycles. The molecule has 2 bridgehead atoms. The molecule has 3 atom stereocenters. The zero-order valence-corrected chi connectivity index (χ0v) is 7.85. The van der Waals surface area contributed by atoms with Gasteiger partial charge >= 0.3 is 0 Å². The lowest BCUT2D eigenvalue weighted by molar-refractivity contribution is 0.0695. The van der Waals surface area contributed by atoms with E-state index in [0.717, 1.165) is 12.1 Å². The van der Waals surface area contributed by atoms with Crippen molar-refractivity contribution in [2.75, 3.05) is 7.05 Å². The fourth-order valence-electron chi connectivity index (χ4n) is 2.55. The molecule has 2 heterocycles. The second kappa shape index (κ2) is 2.95. The van der Waals surface area contributed by atoms with Crippen molar-refractivity contribution in [3.8, 4) is 0 Å². The Bertz CT molecular complexity index is 134. The first-order chi connectivity index (χ1) is 5.27. The number of fused-ring (bicyclic) bond motifs is 2. The summed E-state index contributed by atoms with van der Waals surface area (Å²) in [5, 5.41) is 0.460. The number of halogens is 1. The van der Waals surface area contributed by atoms with Crippen molar-refractivity contribution >= 4 is 11.6 Å². The Kier molecular flexibility index (Phi) is 2.11. The Morgan fingerprint density at radius 1 is 1.18 bits per heavy atom. The van der Waals surface area contributed by atoms with Crippen LogP contribution in [0.15, 0.2) is 0 Å². The quantitative estimate of drug-likeness (QED) is 0.508. The van der Waals surface area contributed by atoms with Crippen molar-refractivity contribution in [3.05, 3.63) is 0 Å². The van der Waals surface area contributed by atoms with Crippen molar-refractivity contribution in [2.24, 2.45) is 0 Å². The first-order valence-corrected chi connectivity index (χ1v) is 5.07. The average Bonchev–Trinajstić information content (AvgIpc) is 1.92. The van der Waals surface area contributed by atoms with Gasteiger partial charge in [0.15, 0.2) is 0 Å². The van der Waals surface area contributed by atoms with Gasteiger partial charge in [0, 0.05) is 17.5 Å². The molecule has 0 aromatic heterocycles. The van der Waals surface area contributed by atoms with Crippen LogP contribution in [0.4, 0.5) is 0 Å². The van der Waals surface area contributed by atoms with E-state index in [4.69, 9.17) is 11.6 Å². The number of piperidine rings is 2. The monoisotopic (exact) mass is 173 g/mol. The zero-order chi connectivity index (χ0) is 7.84. The molecule has 2 aliphatic heterocycles. The molecular weight excluding hydrogens is 158 g/mol. The largest absolute Gasteiger partial charge is 0.300 e. The third-order valence-corrected chi connectivity index (χ3v) is 3.64. The van der Waals surface area contributed by atoms with E-state index in [-0.39, 0.29) is 0 Å². The van der Waals surface area contributed by atoms with Crippen LogP contribution in [0, 0.1) is 0 Å². The summed E-state index contributed by atoms with van der Waals surface area (Å²) in [6, 6.07) is 1.59. The molecule has 2 heteroatoms. The van der Waals surface area contributed by atoms with Gasteiger partial charge in [0.2, 0.25) is 0 Å². The maximum absolute atomic E-state index is 6.16. The Balaban J connectivity index is 2.07. The van der Waals surface area contributed by atoms with Gasteiger partial charge in [-0.1, -0.05) is 6.42 Å². The van der Waals surface area contributed by atoms with Crippen LogP contribution in [-0.2, 0) is 0 Å². The second-order valence-corrected chi connectivity index (χ2v) is 4.59. The fraction of sp³-hybridized carbons (Fsp3) is 1.00. The molecule has 2 fully saturated rings. The van der Waals surface area contributed by atoms with E-state index in [1.54, 1.807) is 0 Å². The number of rotatable bonds is 0. The van der Waals surface area contributed by atoms with E-state index in [0.29, 0.717) is 5.38 Å². The van der Waals surface area contributed by atoms with E-state index in [2.05, 4.69) is 11.9 Å². The molecule has 2 aliphatic rings. The van der Waals surface area contributed by atoms with Crippen molar-refractivity contribution < 1.29 is 0 Å². The summed E-state index contributed by atoms with van der Waals surface area (Å²) in [5.74, 6) is 0. The van der Waals surface area contributed by atoms with Gasteiger partial charge in [-0.05, 0) is 32.7 Å². The van der Waals surface area contributed by atoms with Crippen LogP contribution in [0.25, 0.3) is 0 Å². The van der Waals surface area contributed by atoms with Gasteiger partial charge in [-0.3, -0.25) is 0 Å².